The Labute approximate surface area is 191 Å². The molecule has 0 saturated heterocycles. The average molecular weight is 515 g/mol. The van der Waals surface area contributed by atoms with Crippen molar-refractivity contribution in [2.24, 2.45) is 4.99 Å². The van der Waals surface area contributed by atoms with E-state index in [1.807, 2.05) is 12.1 Å². The van der Waals surface area contributed by atoms with Gasteiger partial charge in [-0.05, 0) is 25.8 Å². The molecule has 0 bridgehead atoms. The van der Waals surface area contributed by atoms with Gasteiger partial charge in [-0.15, -0.1) is 24.0 Å². The number of nitrogens with zero attached hydrogens (tertiary/aromatic N) is 3. The number of aromatic nitrogens is 2. The monoisotopic (exact) mass is 515 g/mol. The van der Waals surface area contributed by atoms with Crippen molar-refractivity contribution < 1.29 is 9.26 Å². The van der Waals surface area contributed by atoms with Crippen LogP contribution in [0.15, 0.2) is 27.8 Å². The SMILES string of the molecule is CCCCOc1ncccc1CN=C(NCC)NCc1c(CC)noc1CC.I. The van der Waals surface area contributed by atoms with Gasteiger partial charge in [0.1, 0.15) is 5.76 Å². The largest absolute Gasteiger partial charge is 0.477 e. The lowest BCUT2D eigenvalue weighted by Gasteiger charge is -2.13. The maximum absolute atomic E-state index is 5.81. The fourth-order valence-electron chi connectivity index (χ4n) is 2.80. The van der Waals surface area contributed by atoms with Crippen molar-refractivity contribution in [3.8, 4) is 5.88 Å². The number of hydrogen-bond acceptors (Lipinski definition) is 5. The van der Waals surface area contributed by atoms with E-state index in [0.717, 1.165) is 60.8 Å². The molecule has 0 unspecified atom stereocenters. The molecule has 2 aromatic rings. The van der Waals surface area contributed by atoms with E-state index in [2.05, 4.69) is 48.5 Å². The molecule has 0 aliphatic carbocycles. The number of nitrogens with one attached hydrogen (secondary N) is 2. The minimum absolute atomic E-state index is 0. The molecule has 0 spiro atoms. The van der Waals surface area contributed by atoms with Crippen LogP contribution in [-0.2, 0) is 25.9 Å². The normalized spacial score (nSPS) is 11.1. The maximum atomic E-state index is 5.81. The topological polar surface area (TPSA) is 84.6 Å². The van der Waals surface area contributed by atoms with Gasteiger partial charge in [0, 0.05) is 36.8 Å². The maximum Gasteiger partial charge on any atom is 0.218 e. The van der Waals surface area contributed by atoms with Crippen molar-refractivity contribution in [1.82, 2.24) is 20.8 Å². The second kappa shape index (κ2) is 14.2. The molecule has 0 atom stereocenters. The number of rotatable bonds is 11. The van der Waals surface area contributed by atoms with E-state index in [1.165, 1.54) is 0 Å². The van der Waals surface area contributed by atoms with Gasteiger partial charge in [-0.2, -0.15) is 0 Å². The van der Waals surface area contributed by atoms with Crippen LogP contribution in [0.3, 0.4) is 0 Å². The van der Waals surface area contributed by atoms with E-state index in [0.29, 0.717) is 25.6 Å². The Morgan fingerprint density at radius 2 is 2.00 bits per heavy atom. The van der Waals surface area contributed by atoms with E-state index in [-0.39, 0.29) is 24.0 Å². The molecule has 0 aliphatic rings. The summed E-state index contributed by atoms with van der Waals surface area (Å²) in [5.74, 6) is 2.34. The number of halogens is 1. The first-order valence-electron chi connectivity index (χ1n) is 10.3. The van der Waals surface area contributed by atoms with Gasteiger partial charge in [0.15, 0.2) is 5.96 Å². The summed E-state index contributed by atoms with van der Waals surface area (Å²) in [6.45, 7) is 10.9. The second-order valence-corrected chi connectivity index (χ2v) is 6.46. The zero-order valence-corrected chi connectivity index (χ0v) is 20.3. The van der Waals surface area contributed by atoms with E-state index in [9.17, 15) is 0 Å². The summed E-state index contributed by atoms with van der Waals surface area (Å²) < 4.78 is 11.3. The van der Waals surface area contributed by atoms with Gasteiger partial charge < -0.3 is 19.9 Å². The highest BCUT2D eigenvalue weighted by atomic mass is 127. The highest BCUT2D eigenvalue weighted by Crippen LogP contribution is 2.17. The Morgan fingerprint density at radius 1 is 1.17 bits per heavy atom. The smallest absolute Gasteiger partial charge is 0.218 e. The van der Waals surface area contributed by atoms with Crippen LogP contribution in [0.4, 0.5) is 0 Å². The molecule has 29 heavy (non-hydrogen) atoms. The summed E-state index contributed by atoms with van der Waals surface area (Å²) in [5, 5.41) is 10.9. The van der Waals surface area contributed by atoms with Gasteiger partial charge in [-0.25, -0.2) is 9.98 Å². The number of hydrogen-bond donors (Lipinski definition) is 2. The van der Waals surface area contributed by atoms with Crippen LogP contribution >= 0.6 is 24.0 Å². The highest BCUT2D eigenvalue weighted by molar-refractivity contribution is 14.0. The van der Waals surface area contributed by atoms with Crippen molar-refractivity contribution in [2.45, 2.75) is 66.5 Å². The van der Waals surface area contributed by atoms with Gasteiger partial charge in [0.2, 0.25) is 5.88 Å². The van der Waals surface area contributed by atoms with Crippen molar-refractivity contribution in [3.63, 3.8) is 0 Å². The number of unbranched alkanes of at least 4 members (excludes halogenated alkanes) is 1. The fourth-order valence-corrected chi connectivity index (χ4v) is 2.80. The fraction of sp³-hybridized carbons (Fsp3) is 0.571. The van der Waals surface area contributed by atoms with Crippen molar-refractivity contribution in [1.29, 1.82) is 0 Å². The van der Waals surface area contributed by atoms with Crippen LogP contribution in [0.5, 0.6) is 5.88 Å². The summed E-state index contributed by atoms with van der Waals surface area (Å²) >= 11 is 0. The quantitative estimate of drug-likeness (QED) is 0.202. The van der Waals surface area contributed by atoms with Crippen molar-refractivity contribution in [3.05, 3.63) is 40.9 Å². The average Bonchev–Trinajstić information content (AvgIpc) is 3.13. The zero-order valence-electron chi connectivity index (χ0n) is 18.0. The van der Waals surface area contributed by atoms with Gasteiger partial charge in [0.25, 0.3) is 0 Å². The standard InChI is InChI=1S/C21H33N5O2.HI/c1-5-9-13-27-20-16(11-10-12-23-20)14-24-21(22-8-4)25-15-17-18(6-2)26-28-19(17)7-3;/h10-12H,5-9,13-15H2,1-4H3,(H2,22,24,25);1H. The third kappa shape index (κ3) is 7.83. The minimum Gasteiger partial charge on any atom is -0.477 e. The Kier molecular flexibility index (Phi) is 12.3. The van der Waals surface area contributed by atoms with Crippen molar-refractivity contribution in [2.75, 3.05) is 13.2 Å². The Bertz CT molecular complexity index is 727. The molecular weight excluding hydrogens is 481 g/mol. The molecule has 0 aliphatic heterocycles. The summed E-state index contributed by atoms with van der Waals surface area (Å²) in [5.41, 5.74) is 3.10. The predicted molar refractivity (Wildman–Crippen MR) is 127 cm³/mol. The molecule has 2 rings (SSSR count). The van der Waals surface area contributed by atoms with Gasteiger partial charge >= 0.3 is 0 Å². The van der Waals surface area contributed by atoms with Crippen LogP contribution < -0.4 is 15.4 Å². The Morgan fingerprint density at radius 3 is 2.69 bits per heavy atom. The highest BCUT2D eigenvalue weighted by Gasteiger charge is 2.13. The molecule has 0 amide bonds. The second-order valence-electron chi connectivity index (χ2n) is 6.46. The van der Waals surface area contributed by atoms with Crippen molar-refractivity contribution >= 4 is 29.9 Å². The molecule has 162 valence electrons. The third-order valence-corrected chi connectivity index (χ3v) is 4.38. The molecule has 2 heterocycles. The van der Waals surface area contributed by atoms with E-state index in [1.54, 1.807) is 6.20 Å². The first-order chi connectivity index (χ1) is 13.7. The van der Waals surface area contributed by atoms with Crippen LogP contribution in [-0.4, -0.2) is 29.3 Å². The molecule has 2 aromatic heterocycles. The third-order valence-electron chi connectivity index (χ3n) is 4.38. The molecule has 0 fully saturated rings. The number of ether oxygens (including phenoxy) is 1. The number of aliphatic imine (C=N–C) groups is 1. The summed E-state index contributed by atoms with van der Waals surface area (Å²) in [7, 11) is 0. The molecule has 0 aromatic carbocycles. The zero-order chi connectivity index (χ0) is 20.2. The number of aryl methyl sites for hydroxylation is 2. The molecular formula is C21H34IN5O2. The first-order valence-corrected chi connectivity index (χ1v) is 10.3. The van der Waals surface area contributed by atoms with Gasteiger partial charge in [0.05, 0.1) is 18.8 Å². The van der Waals surface area contributed by atoms with E-state index < -0.39 is 0 Å². The van der Waals surface area contributed by atoms with Gasteiger partial charge in [-0.1, -0.05) is 38.4 Å². The number of pyridine rings is 1. The van der Waals surface area contributed by atoms with Crippen LogP contribution in [0.25, 0.3) is 0 Å². The predicted octanol–water partition coefficient (Wildman–Crippen LogP) is 4.25. The molecule has 0 saturated carbocycles. The summed E-state index contributed by atoms with van der Waals surface area (Å²) in [6, 6.07) is 3.92. The minimum atomic E-state index is 0. The van der Waals surface area contributed by atoms with E-state index in [4.69, 9.17) is 14.3 Å². The molecule has 7 nitrogen and oxygen atoms in total. The van der Waals surface area contributed by atoms with Crippen LogP contribution in [0.1, 0.15) is 63.1 Å². The molecule has 0 radical (unpaired) electrons. The summed E-state index contributed by atoms with van der Waals surface area (Å²) in [6.07, 6.45) is 5.54. The van der Waals surface area contributed by atoms with Gasteiger partial charge in [-0.3, -0.25) is 0 Å². The molecule has 8 heteroatoms. The van der Waals surface area contributed by atoms with E-state index >= 15 is 0 Å². The molecule has 2 N–H and O–H groups in total. The lowest BCUT2D eigenvalue weighted by atomic mass is 10.1. The lowest BCUT2D eigenvalue weighted by molar-refractivity contribution is 0.294. The van der Waals surface area contributed by atoms with Crippen LogP contribution in [0.2, 0.25) is 0 Å². The number of guanidine groups is 1. The Hall–Kier alpha value is -1.84. The first kappa shape index (κ1) is 25.2. The Balaban J connectivity index is 0.00000420. The summed E-state index contributed by atoms with van der Waals surface area (Å²) in [4.78, 5) is 9.06. The van der Waals surface area contributed by atoms with Crippen LogP contribution in [0, 0.1) is 0 Å². The lowest BCUT2D eigenvalue weighted by Crippen LogP contribution is -2.37.